The van der Waals surface area contributed by atoms with E-state index in [1.807, 2.05) is 6.07 Å². The zero-order chi connectivity index (χ0) is 24.8. The van der Waals surface area contributed by atoms with Crippen LogP contribution in [0.5, 0.6) is 5.75 Å². The van der Waals surface area contributed by atoms with Gasteiger partial charge in [-0.2, -0.15) is 0 Å². The summed E-state index contributed by atoms with van der Waals surface area (Å²) in [5.41, 5.74) is 1.79. The lowest BCUT2D eigenvalue weighted by atomic mass is 10.0. The minimum absolute atomic E-state index is 0.0154. The Kier molecular flexibility index (Phi) is 8.63. The second-order valence-corrected chi connectivity index (χ2v) is 9.05. The number of hydrogen-bond donors (Lipinski definition) is 1. The third-order valence-electron chi connectivity index (χ3n) is 6.17. The Morgan fingerprint density at radius 1 is 1.21 bits per heavy atom. The van der Waals surface area contributed by atoms with E-state index in [1.165, 1.54) is 13.0 Å². The van der Waals surface area contributed by atoms with Gasteiger partial charge in [-0.15, -0.1) is 0 Å². The quantitative estimate of drug-likeness (QED) is 0.735. The van der Waals surface area contributed by atoms with Crippen LogP contribution in [0.25, 0.3) is 0 Å². The first-order valence-corrected chi connectivity index (χ1v) is 11.5. The van der Waals surface area contributed by atoms with E-state index in [2.05, 4.69) is 24.1 Å². The van der Waals surface area contributed by atoms with Crippen molar-refractivity contribution in [2.75, 3.05) is 39.2 Å². The number of anilines is 1. The van der Waals surface area contributed by atoms with Crippen LogP contribution in [0.1, 0.15) is 36.7 Å². The molecule has 184 valence electrons. The third-order valence-corrected chi connectivity index (χ3v) is 6.17. The molecule has 34 heavy (non-hydrogen) atoms. The van der Waals surface area contributed by atoms with Crippen molar-refractivity contribution in [3.05, 3.63) is 59.4 Å². The molecule has 2 amide bonds. The highest BCUT2D eigenvalue weighted by atomic mass is 19.1. The van der Waals surface area contributed by atoms with Crippen molar-refractivity contribution in [1.29, 1.82) is 0 Å². The number of benzene rings is 2. The topological polar surface area (TPSA) is 71.1 Å². The molecule has 1 N–H and O–H groups in total. The molecule has 0 radical (unpaired) electrons. The lowest BCUT2D eigenvalue weighted by Crippen LogP contribution is -2.46. The van der Waals surface area contributed by atoms with E-state index in [4.69, 9.17) is 9.47 Å². The summed E-state index contributed by atoms with van der Waals surface area (Å²) in [5, 5.41) is 2.72. The molecule has 2 aromatic rings. The van der Waals surface area contributed by atoms with Crippen LogP contribution in [0.2, 0.25) is 0 Å². The van der Waals surface area contributed by atoms with E-state index in [1.54, 1.807) is 49.4 Å². The SMILES string of the molecule is CO[C@H]1CN(C)C(=O)c2cc(NC(C)=O)ccc2OC[C@H](C)N(Cc2cccc(F)c2)C[C@H]1C. The van der Waals surface area contributed by atoms with Crippen molar-refractivity contribution in [1.82, 2.24) is 9.80 Å². The summed E-state index contributed by atoms with van der Waals surface area (Å²) in [6, 6.07) is 11.7. The van der Waals surface area contributed by atoms with Crippen LogP contribution in [0.15, 0.2) is 42.5 Å². The maximum Gasteiger partial charge on any atom is 0.257 e. The van der Waals surface area contributed by atoms with Gasteiger partial charge in [0.25, 0.3) is 5.91 Å². The summed E-state index contributed by atoms with van der Waals surface area (Å²) < 4.78 is 25.7. The molecule has 1 aliphatic heterocycles. The molecule has 0 fully saturated rings. The first-order chi connectivity index (χ1) is 16.2. The Morgan fingerprint density at radius 3 is 2.65 bits per heavy atom. The molecule has 0 aromatic heterocycles. The van der Waals surface area contributed by atoms with Crippen LogP contribution in [0.4, 0.5) is 10.1 Å². The normalized spacial score (nSPS) is 22.2. The number of rotatable bonds is 4. The van der Waals surface area contributed by atoms with Crippen LogP contribution < -0.4 is 10.1 Å². The third kappa shape index (κ3) is 6.55. The number of methoxy groups -OCH3 is 1. The molecular formula is C26H34FN3O4. The molecule has 8 heteroatoms. The van der Waals surface area contributed by atoms with Gasteiger partial charge in [0.1, 0.15) is 18.2 Å². The van der Waals surface area contributed by atoms with E-state index < -0.39 is 0 Å². The maximum absolute atomic E-state index is 13.8. The van der Waals surface area contributed by atoms with Gasteiger partial charge in [-0.25, -0.2) is 4.39 Å². The summed E-state index contributed by atoms with van der Waals surface area (Å²) in [4.78, 5) is 28.7. The monoisotopic (exact) mass is 471 g/mol. The molecule has 0 unspecified atom stereocenters. The molecule has 3 rings (SSSR count). The molecule has 1 aliphatic rings. The number of likely N-dealkylation sites (N-methyl/N-ethyl adjacent to an activating group) is 1. The van der Waals surface area contributed by atoms with Crippen molar-refractivity contribution in [2.45, 2.75) is 39.5 Å². The summed E-state index contributed by atoms with van der Waals surface area (Å²) >= 11 is 0. The summed E-state index contributed by atoms with van der Waals surface area (Å²) in [6.45, 7) is 7.54. The molecule has 0 bridgehead atoms. The summed E-state index contributed by atoms with van der Waals surface area (Å²) in [7, 11) is 3.38. The molecule has 1 heterocycles. The Hall–Kier alpha value is -2.97. The van der Waals surface area contributed by atoms with Crippen molar-refractivity contribution < 1.29 is 23.5 Å². The minimum Gasteiger partial charge on any atom is -0.491 e. The number of amides is 2. The Balaban J connectivity index is 1.94. The lowest BCUT2D eigenvalue weighted by Gasteiger charge is -2.36. The van der Waals surface area contributed by atoms with Crippen LogP contribution >= 0.6 is 0 Å². The van der Waals surface area contributed by atoms with E-state index in [0.717, 1.165) is 5.56 Å². The molecule has 0 spiro atoms. The van der Waals surface area contributed by atoms with E-state index >= 15 is 0 Å². The van der Waals surface area contributed by atoms with Gasteiger partial charge in [-0.3, -0.25) is 14.5 Å². The standard InChI is InChI=1S/C26H34FN3O4/c1-17-13-30(14-20-7-6-8-21(27)11-20)18(2)16-34-24-10-9-22(28-19(3)31)12-23(24)26(32)29(4)15-25(17)33-5/h6-12,17-18,25H,13-16H2,1-5H3,(H,28,31)/t17-,18+,25+/m1/s1. The number of nitrogens with zero attached hydrogens (tertiary/aromatic N) is 2. The largest absolute Gasteiger partial charge is 0.491 e. The number of carbonyl (C=O) groups excluding carboxylic acids is 2. The average molecular weight is 472 g/mol. The van der Waals surface area contributed by atoms with Crippen LogP contribution in [-0.2, 0) is 16.1 Å². The summed E-state index contributed by atoms with van der Waals surface area (Å²) in [6.07, 6.45) is -0.196. The number of ether oxygens (including phenoxy) is 2. The molecular weight excluding hydrogens is 437 g/mol. The van der Waals surface area contributed by atoms with Crippen molar-refractivity contribution in [2.24, 2.45) is 5.92 Å². The zero-order valence-electron chi connectivity index (χ0n) is 20.5. The predicted molar refractivity (Wildman–Crippen MR) is 129 cm³/mol. The molecule has 7 nitrogen and oxygen atoms in total. The van der Waals surface area contributed by atoms with Crippen molar-refractivity contribution in [3.8, 4) is 5.75 Å². The smallest absolute Gasteiger partial charge is 0.257 e. The summed E-state index contributed by atoms with van der Waals surface area (Å²) in [5.74, 6) is -0.138. The maximum atomic E-state index is 13.8. The van der Waals surface area contributed by atoms with Gasteiger partial charge in [-0.05, 0) is 48.7 Å². The number of hydrogen-bond acceptors (Lipinski definition) is 5. The Bertz CT molecular complexity index is 1020. The highest BCUT2D eigenvalue weighted by Gasteiger charge is 2.28. The average Bonchev–Trinajstić information content (AvgIpc) is 2.79. The minimum atomic E-state index is -0.261. The Morgan fingerprint density at radius 2 is 1.97 bits per heavy atom. The molecule has 3 atom stereocenters. The van der Waals surface area contributed by atoms with Gasteiger partial charge in [0.05, 0.1) is 11.7 Å². The first-order valence-electron chi connectivity index (χ1n) is 11.5. The number of nitrogens with one attached hydrogen (secondary N) is 1. The van der Waals surface area contributed by atoms with Gasteiger partial charge in [-0.1, -0.05) is 19.1 Å². The molecule has 2 aromatic carbocycles. The molecule has 0 saturated heterocycles. The highest BCUT2D eigenvalue weighted by molar-refractivity contribution is 5.99. The number of carbonyl (C=O) groups is 2. The highest BCUT2D eigenvalue weighted by Crippen LogP contribution is 2.27. The fourth-order valence-corrected chi connectivity index (χ4v) is 4.22. The van der Waals surface area contributed by atoms with Gasteiger partial charge in [0.15, 0.2) is 0 Å². The fourth-order valence-electron chi connectivity index (χ4n) is 4.22. The van der Waals surface area contributed by atoms with Crippen molar-refractivity contribution >= 4 is 17.5 Å². The predicted octanol–water partition coefficient (Wildman–Crippen LogP) is 3.79. The van der Waals surface area contributed by atoms with Crippen molar-refractivity contribution in [3.63, 3.8) is 0 Å². The van der Waals surface area contributed by atoms with Gasteiger partial charge >= 0.3 is 0 Å². The van der Waals surface area contributed by atoms with Crippen LogP contribution in [0, 0.1) is 11.7 Å². The van der Waals surface area contributed by atoms with Gasteiger partial charge < -0.3 is 19.7 Å². The zero-order valence-corrected chi connectivity index (χ0v) is 20.5. The van der Waals surface area contributed by atoms with Crippen LogP contribution in [0.3, 0.4) is 0 Å². The van der Waals surface area contributed by atoms with E-state index in [0.29, 0.717) is 43.2 Å². The van der Waals surface area contributed by atoms with Crippen LogP contribution in [-0.4, -0.2) is 67.6 Å². The first kappa shape index (κ1) is 25.6. The van der Waals surface area contributed by atoms with E-state index in [9.17, 15) is 14.0 Å². The fraction of sp³-hybridized carbons (Fsp3) is 0.462. The molecule has 0 saturated carbocycles. The lowest BCUT2D eigenvalue weighted by molar-refractivity contribution is -0.114. The number of halogens is 1. The van der Waals surface area contributed by atoms with E-state index in [-0.39, 0.29) is 35.7 Å². The second kappa shape index (κ2) is 11.4. The second-order valence-electron chi connectivity index (χ2n) is 9.05. The number of fused-ring (bicyclic) bond motifs is 1. The van der Waals surface area contributed by atoms with Gasteiger partial charge in [0.2, 0.25) is 5.91 Å². The van der Waals surface area contributed by atoms with Gasteiger partial charge in [0, 0.05) is 52.4 Å². The molecule has 0 aliphatic carbocycles. The Labute approximate surface area is 200 Å².